The molecule has 1 atom stereocenters. The van der Waals surface area contributed by atoms with E-state index >= 15 is 0 Å². The average Bonchev–Trinajstić information content (AvgIpc) is 2.45. The summed E-state index contributed by atoms with van der Waals surface area (Å²) in [6.45, 7) is 0.578. The van der Waals surface area contributed by atoms with Crippen LogP contribution in [0.15, 0.2) is 30.7 Å². The molecule has 4 nitrogen and oxygen atoms in total. The van der Waals surface area contributed by atoms with Crippen molar-refractivity contribution in [3.8, 4) is 17.1 Å². The second-order valence-electron chi connectivity index (χ2n) is 4.36. The van der Waals surface area contributed by atoms with Gasteiger partial charge in [-0.1, -0.05) is 18.5 Å². The first-order valence-electron chi connectivity index (χ1n) is 6.00. The van der Waals surface area contributed by atoms with Crippen LogP contribution in [0, 0.1) is 5.92 Å². The fourth-order valence-corrected chi connectivity index (χ4v) is 1.48. The Bertz CT molecular complexity index is 587. The zero-order valence-corrected chi connectivity index (χ0v) is 11.7. The molecule has 2 aromatic heterocycles. The minimum atomic E-state index is -4.28. The van der Waals surface area contributed by atoms with E-state index in [0.29, 0.717) is 11.3 Å². The second-order valence-corrected chi connectivity index (χ2v) is 4.75. The van der Waals surface area contributed by atoms with Gasteiger partial charge in [0.1, 0.15) is 11.8 Å². The third-order valence-electron chi connectivity index (χ3n) is 2.69. The van der Waals surface area contributed by atoms with Crippen LogP contribution in [-0.2, 0) is 0 Å². The van der Waals surface area contributed by atoms with Gasteiger partial charge in [-0.2, -0.15) is 13.2 Å². The van der Waals surface area contributed by atoms with Crippen molar-refractivity contribution in [2.45, 2.75) is 13.1 Å². The van der Waals surface area contributed by atoms with Crippen molar-refractivity contribution < 1.29 is 17.9 Å². The largest absolute Gasteiger partial charge is 0.477 e. The molecule has 0 radical (unpaired) electrons. The van der Waals surface area contributed by atoms with Crippen LogP contribution >= 0.6 is 11.6 Å². The zero-order chi connectivity index (χ0) is 15.5. The Labute approximate surface area is 124 Å². The smallest absolute Gasteiger partial charge is 0.394 e. The number of hydrogen-bond donors (Lipinski definition) is 0. The molecule has 2 heterocycles. The van der Waals surface area contributed by atoms with E-state index in [1.54, 1.807) is 6.07 Å². The monoisotopic (exact) mass is 317 g/mol. The number of rotatable bonds is 4. The minimum Gasteiger partial charge on any atom is -0.477 e. The maximum atomic E-state index is 12.3. The minimum absolute atomic E-state index is 0.122. The molecule has 0 saturated heterocycles. The highest BCUT2D eigenvalue weighted by molar-refractivity contribution is 6.29. The molecule has 1 unspecified atom stereocenters. The van der Waals surface area contributed by atoms with E-state index < -0.39 is 18.7 Å². The SMILES string of the molecule is CC(COc1ccc(-c2cnc(Cl)cn2)cn1)C(F)(F)F. The van der Waals surface area contributed by atoms with Crippen LogP contribution in [-0.4, -0.2) is 27.7 Å². The first kappa shape index (κ1) is 15.5. The Morgan fingerprint density at radius 3 is 2.43 bits per heavy atom. The summed E-state index contributed by atoms with van der Waals surface area (Å²) in [5, 5.41) is 0.271. The molecule has 2 rings (SSSR count). The van der Waals surface area contributed by atoms with Gasteiger partial charge in [0.2, 0.25) is 5.88 Å². The number of halogens is 4. The van der Waals surface area contributed by atoms with E-state index in [4.69, 9.17) is 16.3 Å². The molecule has 0 amide bonds. The Hall–Kier alpha value is -1.89. The predicted octanol–water partition coefficient (Wildman–Crippen LogP) is 3.77. The summed E-state index contributed by atoms with van der Waals surface area (Å²) in [7, 11) is 0. The number of nitrogens with zero attached hydrogens (tertiary/aromatic N) is 3. The maximum Gasteiger partial charge on any atom is 0.394 e. The van der Waals surface area contributed by atoms with Crippen LogP contribution < -0.4 is 4.74 Å². The van der Waals surface area contributed by atoms with Crippen molar-refractivity contribution in [2.75, 3.05) is 6.61 Å². The summed E-state index contributed by atoms with van der Waals surface area (Å²) in [6.07, 6.45) is 0.0439. The summed E-state index contributed by atoms with van der Waals surface area (Å²) in [5.41, 5.74) is 1.22. The number of aromatic nitrogens is 3. The van der Waals surface area contributed by atoms with E-state index in [1.807, 2.05) is 0 Å². The highest BCUT2D eigenvalue weighted by Crippen LogP contribution is 2.26. The Balaban J connectivity index is 2.01. The van der Waals surface area contributed by atoms with Crippen LogP contribution in [0.25, 0.3) is 11.3 Å². The molecule has 8 heteroatoms. The molecule has 112 valence electrons. The fraction of sp³-hybridized carbons (Fsp3) is 0.308. The van der Waals surface area contributed by atoms with Crippen molar-refractivity contribution in [2.24, 2.45) is 5.92 Å². The molecule has 0 fully saturated rings. The summed E-state index contributed by atoms with van der Waals surface area (Å²) >= 11 is 5.63. The van der Waals surface area contributed by atoms with Crippen molar-refractivity contribution in [3.05, 3.63) is 35.9 Å². The van der Waals surface area contributed by atoms with Crippen LogP contribution in [0.2, 0.25) is 5.15 Å². The molecule has 0 aliphatic rings. The molecule has 0 spiro atoms. The first-order chi connectivity index (χ1) is 9.86. The van der Waals surface area contributed by atoms with E-state index in [1.165, 1.54) is 24.7 Å². The summed E-state index contributed by atoms with van der Waals surface area (Å²) in [4.78, 5) is 11.9. The molecule has 0 aliphatic carbocycles. The van der Waals surface area contributed by atoms with Gasteiger partial charge in [0.15, 0.2) is 0 Å². The number of ether oxygens (including phenoxy) is 1. The maximum absolute atomic E-state index is 12.3. The summed E-state index contributed by atoms with van der Waals surface area (Å²) in [6, 6.07) is 3.12. The molecule has 21 heavy (non-hydrogen) atoms. The van der Waals surface area contributed by atoms with Gasteiger partial charge in [-0.05, 0) is 6.07 Å². The summed E-state index contributed by atoms with van der Waals surface area (Å²) < 4.78 is 42.0. The molecule has 0 bridgehead atoms. The van der Waals surface area contributed by atoms with Gasteiger partial charge >= 0.3 is 6.18 Å². The molecular weight excluding hydrogens is 307 g/mol. The third kappa shape index (κ3) is 4.29. The first-order valence-corrected chi connectivity index (χ1v) is 6.37. The topological polar surface area (TPSA) is 47.9 Å². The fourth-order valence-electron chi connectivity index (χ4n) is 1.38. The van der Waals surface area contributed by atoms with E-state index in [9.17, 15) is 13.2 Å². The van der Waals surface area contributed by atoms with Gasteiger partial charge < -0.3 is 4.74 Å². The number of hydrogen-bond acceptors (Lipinski definition) is 4. The van der Waals surface area contributed by atoms with Gasteiger partial charge in [-0.15, -0.1) is 0 Å². The standard InChI is InChI=1S/C13H11ClF3N3O/c1-8(13(15,16)17)7-21-12-3-2-9(4-20-12)10-5-19-11(14)6-18-10/h2-6,8H,7H2,1H3. The van der Waals surface area contributed by atoms with Crippen LogP contribution in [0.4, 0.5) is 13.2 Å². The van der Waals surface area contributed by atoms with Crippen molar-refractivity contribution in [1.82, 2.24) is 15.0 Å². The molecule has 0 saturated carbocycles. The average molecular weight is 318 g/mol. The predicted molar refractivity (Wildman–Crippen MR) is 71.0 cm³/mol. The van der Waals surface area contributed by atoms with Gasteiger partial charge in [0.05, 0.1) is 24.0 Å². The van der Waals surface area contributed by atoms with Gasteiger partial charge in [-0.25, -0.2) is 9.97 Å². The van der Waals surface area contributed by atoms with Crippen LogP contribution in [0.1, 0.15) is 6.92 Å². The van der Waals surface area contributed by atoms with E-state index in [0.717, 1.165) is 6.92 Å². The van der Waals surface area contributed by atoms with Crippen LogP contribution in [0.5, 0.6) is 5.88 Å². The van der Waals surface area contributed by atoms with E-state index in [-0.39, 0.29) is 11.0 Å². The van der Waals surface area contributed by atoms with Crippen LogP contribution in [0.3, 0.4) is 0 Å². The third-order valence-corrected chi connectivity index (χ3v) is 2.89. The molecule has 0 N–H and O–H groups in total. The van der Waals surface area contributed by atoms with Crippen molar-refractivity contribution >= 4 is 11.6 Å². The Morgan fingerprint density at radius 2 is 1.90 bits per heavy atom. The summed E-state index contributed by atoms with van der Waals surface area (Å²) in [5.74, 6) is -1.43. The molecule has 0 aromatic carbocycles. The van der Waals surface area contributed by atoms with Gasteiger partial charge in [0.25, 0.3) is 0 Å². The molecule has 0 aliphatic heterocycles. The highest BCUT2D eigenvalue weighted by Gasteiger charge is 2.36. The number of pyridine rings is 1. The lowest BCUT2D eigenvalue weighted by Crippen LogP contribution is -2.25. The lowest BCUT2D eigenvalue weighted by atomic mass is 10.2. The lowest BCUT2D eigenvalue weighted by molar-refractivity contribution is -0.176. The van der Waals surface area contributed by atoms with Gasteiger partial charge in [-0.3, -0.25) is 4.98 Å². The van der Waals surface area contributed by atoms with Crippen molar-refractivity contribution in [1.29, 1.82) is 0 Å². The molecule has 2 aromatic rings. The Morgan fingerprint density at radius 1 is 1.14 bits per heavy atom. The Kier molecular flexibility index (Phi) is 4.62. The van der Waals surface area contributed by atoms with Gasteiger partial charge in [0, 0.05) is 17.8 Å². The second kappa shape index (κ2) is 6.26. The lowest BCUT2D eigenvalue weighted by Gasteiger charge is -2.15. The molecular formula is C13H11ClF3N3O. The van der Waals surface area contributed by atoms with Crippen molar-refractivity contribution in [3.63, 3.8) is 0 Å². The quantitative estimate of drug-likeness (QED) is 0.861. The zero-order valence-electron chi connectivity index (χ0n) is 10.9. The number of alkyl halides is 3. The highest BCUT2D eigenvalue weighted by atomic mass is 35.5. The van der Waals surface area contributed by atoms with E-state index in [2.05, 4.69) is 15.0 Å². The normalized spacial score (nSPS) is 13.0.